The van der Waals surface area contributed by atoms with E-state index in [1.165, 1.54) is 7.11 Å². The average molecular weight is 328 g/mol. The summed E-state index contributed by atoms with van der Waals surface area (Å²) in [4.78, 5) is 24.5. The van der Waals surface area contributed by atoms with Crippen LogP contribution in [0.3, 0.4) is 0 Å². The first kappa shape index (κ1) is 17.3. The smallest absolute Gasteiger partial charge is 0.337 e. The van der Waals surface area contributed by atoms with Gasteiger partial charge >= 0.3 is 11.9 Å². The molecule has 2 aromatic rings. The third-order valence-electron chi connectivity index (χ3n) is 3.58. The van der Waals surface area contributed by atoms with Gasteiger partial charge in [-0.1, -0.05) is 12.1 Å². The molecule has 0 aromatic heterocycles. The second-order valence-electron chi connectivity index (χ2n) is 5.47. The van der Waals surface area contributed by atoms with Crippen LogP contribution in [0.1, 0.15) is 26.3 Å². The molecule has 0 aliphatic carbocycles. The average Bonchev–Trinajstić information content (AvgIpc) is 2.59. The second-order valence-corrected chi connectivity index (χ2v) is 5.47. The number of carbonyl (C=O) groups excluding carboxylic acids is 1. The van der Waals surface area contributed by atoms with Crippen LogP contribution in [0.2, 0.25) is 0 Å². The Hall–Kier alpha value is -3.02. The molecule has 0 unspecified atom stereocenters. The molecule has 0 radical (unpaired) electrons. The van der Waals surface area contributed by atoms with Crippen molar-refractivity contribution < 1.29 is 19.4 Å². The van der Waals surface area contributed by atoms with Gasteiger partial charge in [0.15, 0.2) is 0 Å². The summed E-state index contributed by atoms with van der Waals surface area (Å²) < 4.78 is 4.67. The number of carboxylic acid groups (broad SMARTS) is 1. The zero-order valence-electron chi connectivity index (χ0n) is 13.9. The van der Waals surface area contributed by atoms with Crippen LogP contribution in [-0.2, 0) is 11.3 Å². The zero-order valence-corrected chi connectivity index (χ0v) is 13.9. The maximum atomic E-state index is 11.4. The minimum absolute atomic E-state index is 0.226. The molecule has 0 fully saturated rings. The summed E-state index contributed by atoms with van der Waals surface area (Å²) in [7, 11) is 5.13. The fourth-order valence-corrected chi connectivity index (χ4v) is 2.27. The Morgan fingerprint density at radius 1 is 1.08 bits per heavy atom. The molecule has 0 aliphatic rings. The number of benzene rings is 2. The van der Waals surface area contributed by atoms with E-state index < -0.39 is 5.97 Å². The molecule has 24 heavy (non-hydrogen) atoms. The van der Waals surface area contributed by atoms with E-state index in [0.717, 1.165) is 16.9 Å². The van der Waals surface area contributed by atoms with Crippen LogP contribution in [0, 0.1) is 0 Å². The molecular formula is C18H20N2O4. The lowest BCUT2D eigenvalue weighted by molar-refractivity contribution is 0.0599. The number of hydrogen-bond acceptors (Lipinski definition) is 5. The van der Waals surface area contributed by atoms with Crippen molar-refractivity contribution in [2.45, 2.75) is 6.54 Å². The highest BCUT2D eigenvalue weighted by Crippen LogP contribution is 2.26. The van der Waals surface area contributed by atoms with Crippen LogP contribution >= 0.6 is 0 Å². The molecule has 0 saturated carbocycles. The fourth-order valence-electron chi connectivity index (χ4n) is 2.27. The predicted octanol–water partition coefficient (Wildman–Crippen LogP) is 2.85. The molecular weight excluding hydrogens is 308 g/mol. The predicted molar refractivity (Wildman–Crippen MR) is 92.8 cm³/mol. The van der Waals surface area contributed by atoms with Crippen LogP contribution in [0.4, 0.5) is 11.4 Å². The molecule has 126 valence electrons. The highest BCUT2D eigenvalue weighted by Gasteiger charge is 2.10. The van der Waals surface area contributed by atoms with E-state index in [1.54, 1.807) is 30.3 Å². The minimum Gasteiger partial charge on any atom is -0.478 e. The number of carbonyl (C=O) groups is 2. The number of nitrogens with one attached hydrogen (secondary N) is 1. The van der Waals surface area contributed by atoms with Crippen molar-refractivity contribution in [3.05, 3.63) is 59.2 Å². The molecule has 0 spiro atoms. The summed E-state index contributed by atoms with van der Waals surface area (Å²) in [5.74, 6) is -1.34. The van der Waals surface area contributed by atoms with Gasteiger partial charge in [-0.3, -0.25) is 0 Å². The first-order chi connectivity index (χ1) is 11.4. The summed E-state index contributed by atoms with van der Waals surface area (Å²) in [5.41, 5.74) is 3.31. The third-order valence-corrected chi connectivity index (χ3v) is 3.58. The molecule has 2 aromatic carbocycles. The number of carboxylic acids is 1. The van der Waals surface area contributed by atoms with Crippen molar-refractivity contribution >= 4 is 23.3 Å². The quantitative estimate of drug-likeness (QED) is 0.794. The van der Waals surface area contributed by atoms with Gasteiger partial charge < -0.3 is 20.1 Å². The van der Waals surface area contributed by atoms with E-state index in [2.05, 4.69) is 10.1 Å². The normalized spacial score (nSPS) is 10.1. The molecule has 0 bridgehead atoms. The Balaban J connectivity index is 2.17. The van der Waals surface area contributed by atoms with E-state index in [4.69, 9.17) is 5.11 Å². The zero-order chi connectivity index (χ0) is 17.7. The largest absolute Gasteiger partial charge is 0.478 e. The van der Waals surface area contributed by atoms with Crippen molar-refractivity contribution in [1.29, 1.82) is 0 Å². The summed E-state index contributed by atoms with van der Waals surface area (Å²) >= 11 is 0. The van der Waals surface area contributed by atoms with Gasteiger partial charge in [0.05, 0.1) is 29.6 Å². The van der Waals surface area contributed by atoms with Gasteiger partial charge in [-0.2, -0.15) is 0 Å². The number of aromatic carboxylic acids is 1. The number of rotatable bonds is 6. The number of nitrogens with zero attached hydrogens (tertiary/aromatic N) is 1. The molecule has 0 amide bonds. The number of methoxy groups -OCH3 is 1. The van der Waals surface area contributed by atoms with Gasteiger partial charge in [0.1, 0.15) is 0 Å². The summed E-state index contributed by atoms with van der Waals surface area (Å²) in [6.45, 7) is 0.505. The van der Waals surface area contributed by atoms with Crippen LogP contribution in [0.15, 0.2) is 42.5 Å². The Morgan fingerprint density at radius 2 is 1.71 bits per heavy atom. The summed E-state index contributed by atoms with van der Waals surface area (Å²) in [6, 6.07) is 12.0. The molecule has 6 heteroatoms. The van der Waals surface area contributed by atoms with E-state index in [-0.39, 0.29) is 11.5 Å². The number of anilines is 2. The summed E-state index contributed by atoms with van der Waals surface area (Å²) in [5, 5.41) is 12.4. The summed E-state index contributed by atoms with van der Waals surface area (Å²) in [6.07, 6.45) is 0. The number of esters is 1. The molecule has 0 saturated heterocycles. The lowest BCUT2D eigenvalue weighted by Crippen LogP contribution is -2.13. The van der Waals surface area contributed by atoms with E-state index >= 15 is 0 Å². The molecule has 2 N–H and O–H groups in total. The van der Waals surface area contributed by atoms with E-state index in [9.17, 15) is 9.59 Å². The van der Waals surface area contributed by atoms with Crippen molar-refractivity contribution in [3.8, 4) is 0 Å². The van der Waals surface area contributed by atoms with Gasteiger partial charge in [-0.25, -0.2) is 9.59 Å². The van der Waals surface area contributed by atoms with Crippen molar-refractivity contribution in [1.82, 2.24) is 0 Å². The number of ether oxygens (including phenoxy) is 1. The first-order valence-corrected chi connectivity index (χ1v) is 7.38. The maximum Gasteiger partial charge on any atom is 0.337 e. The monoisotopic (exact) mass is 328 g/mol. The Bertz CT molecular complexity index is 739. The Morgan fingerprint density at radius 3 is 2.25 bits per heavy atom. The van der Waals surface area contributed by atoms with E-state index in [0.29, 0.717) is 12.1 Å². The first-order valence-electron chi connectivity index (χ1n) is 7.38. The molecule has 6 nitrogen and oxygen atoms in total. The van der Waals surface area contributed by atoms with Crippen LogP contribution in [0.5, 0.6) is 0 Å². The SMILES string of the molecule is COC(=O)c1ccc(CNc2cc(C(=O)O)ccc2N(C)C)cc1. The third kappa shape index (κ3) is 4.04. The topological polar surface area (TPSA) is 78.9 Å². The Labute approximate surface area is 140 Å². The number of hydrogen-bond donors (Lipinski definition) is 2. The van der Waals surface area contributed by atoms with Gasteiger partial charge in [-0.05, 0) is 35.9 Å². The highest BCUT2D eigenvalue weighted by molar-refractivity contribution is 5.91. The van der Waals surface area contributed by atoms with Gasteiger partial charge in [0.2, 0.25) is 0 Å². The van der Waals surface area contributed by atoms with Crippen molar-refractivity contribution in [3.63, 3.8) is 0 Å². The van der Waals surface area contributed by atoms with Crippen LogP contribution in [-0.4, -0.2) is 38.3 Å². The van der Waals surface area contributed by atoms with Gasteiger partial charge in [0, 0.05) is 20.6 Å². The van der Waals surface area contributed by atoms with Crippen molar-refractivity contribution in [2.75, 3.05) is 31.4 Å². The molecule has 2 rings (SSSR count). The van der Waals surface area contributed by atoms with Gasteiger partial charge in [-0.15, -0.1) is 0 Å². The maximum absolute atomic E-state index is 11.4. The minimum atomic E-state index is -0.967. The molecule has 0 atom stereocenters. The Kier molecular flexibility index (Phi) is 5.42. The second kappa shape index (κ2) is 7.50. The fraction of sp³-hybridized carbons (Fsp3) is 0.222. The molecule has 0 aliphatic heterocycles. The van der Waals surface area contributed by atoms with Gasteiger partial charge in [0.25, 0.3) is 0 Å². The van der Waals surface area contributed by atoms with Crippen LogP contribution in [0.25, 0.3) is 0 Å². The molecule has 0 heterocycles. The van der Waals surface area contributed by atoms with E-state index in [1.807, 2.05) is 31.1 Å². The standard InChI is InChI=1S/C18H20N2O4/c1-20(2)16-9-8-14(17(21)22)10-15(16)19-11-12-4-6-13(7-5-12)18(23)24-3/h4-10,19H,11H2,1-3H3,(H,21,22). The lowest BCUT2D eigenvalue weighted by Gasteiger charge is -2.19. The lowest BCUT2D eigenvalue weighted by atomic mass is 10.1. The van der Waals surface area contributed by atoms with Crippen molar-refractivity contribution in [2.24, 2.45) is 0 Å². The van der Waals surface area contributed by atoms with Crippen LogP contribution < -0.4 is 10.2 Å². The highest BCUT2D eigenvalue weighted by atomic mass is 16.5.